The van der Waals surface area contributed by atoms with Crippen molar-refractivity contribution in [3.8, 4) is 27.9 Å². The Morgan fingerprint density at radius 1 is 0.451 bits per heavy atom. The molecule has 8 aromatic carbocycles. The van der Waals surface area contributed by atoms with Crippen LogP contribution in [0.2, 0.25) is 0 Å². The zero-order chi connectivity index (χ0) is 34.1. The molecule has 1 heterocycles. The van der Waals surface area contributed by atoms with Crippen molar-refractivity contribution >= 4 is 49.6 Å². The first-order chi connectivity index (χ1) is 25.1. The summed E-state index contributed by atoms with van der Waals surface area (Å²) in [6.07, 6.45) is 0. The van der Waals surface area contributed by atoms with E-state index in [1.165, 1.54) is 66.0 Å². The van der Waals surface area contributed by atoms with Gasteiger partial charge in [0.25, 0.3) is 0 Å². The molecule has 0 spiro atoms. The van der Waals surface area contributed by atoms with E-state index in [2.05, 4.69) is 205 Å². The quantitative estimate of drug-likeness (QED) is 0.180. The smallest absolute Gasteiger partial charge is 0.0625 e. The highest BCUT2D eigenvalue weighted by Gasteiger charge is 2.35. The number of rotatable bonds is 5. The Kier molecular flexibility index (Phi) is 6.56. The molecule has 0 radical (unpaired) electrons. The van der Waals surface area contributed by atoms with Gasteiger partial charge in [-0.1, -0.05) is 135 Å². The maximum atomic E-state index is 2.45. The maximum absolute atomic E-state index is 2.45. The Morgan fingerprint density at radius 2 is 1.06 bits per heavy atom. The van der Waals surface area contributed by atoms with Gasteiger partial charge in [-0.3, -0.25) is 0 Å². The third-order valence-electron chi connectivity index (χ3n) is 10.9. The van der Waals surface area contributed by atoms with E-state index in [0.717, 1.165) is 22.7 Å². The summed E-state index contributed by atoms with van der Waals surface area (Å²) in [6.45, 7) is 4.70. The van der Waals surface area contributed by atoms with E-state index in [-0.39, 0.29) is 5.41 Å². The molecule has 0 unspecified atom stereocenters. The van der Waals surface area contributed by atoms with Crippen LogP contribution < -0.4 is 4.90 Å². The van der Waals surface area contributed by atoms with Gasteiger partial charge in [-0.2, -0.15) is 0 Å². The minimum Gasteiger partial charge on any atom is -0.310 e. The van der Waals surface area contributed by atoms with Crippen LogP contribution in [0, 0.1) is 0 Å². The summed E-state index contributed by atoms with van der Waals surface area (Å²) >= 11 is 0. The van der Waals surface area contributed by atoms with Crippen LogP contribution in [0.4, 0.5) is 17.1 Å². The summed E-state index contributed by atoms with van der Waals surface area (Å²) in [4.78, 5) is 2.39. The van der Waals surface area contributed by atoms with Crippen molar-refractivity contribution in [3.63, 3.8) is 0 Å². The van der Waals surface area contributed by atoms with Gasteiger partial charge >= 0.3 is 0 Å². The molecule has 0 aliphatic heterocycles. The largest absolute Gasteiger partial charge is 0.310 e. The van der Waals surface area contributed by atoms with E-state index in [4.69, 9.17) is 0 Å². The number of aromatic nitrogens is 1. The van der Waals surface area contributed by atoms with E-state index < -0.39 is 0 Å². The monoisotopic (exact) mass is 652 g/mol. The molecule has 9 aromatic rings. The van der Waals surface area contributed by atoms with E-state index in [1.807, 2.05) is 0 Å². The van der Waals surface area contributed by atoms with Crippen LogP contribution >= 0.6 is 0 Å². The highest BCUT2D eigenvalue weighted by molar-refractivity contribution is 6.21. The summed E-state index contributed by atoms with van der Waals surface area (Å²) in [5.41, 5.74) is 14.8. The second-order valence-corrected chi connectivity index (χ2v) is 14.2. The molecule has 242 valence electrons. The lowest BCUT2D eigenvalue weighted by molar-refractivity contribution is 0.660. The zero-order valence-electron chi connectivity index (χ0n) is 28.7. The SMILES string of the molecule is CC1(C)c2ccccc2-c2ccc(N(c3ccccc3)c3ccc(-c4c5ccccc5cc5c6ccccc6n(-c6ccccc6)c45)cc3)cc21. The number of nitrogens with zero attached hydrogens (tertiary/aromatic N) is 2. The number of para-hydroxylation sites is 3. The lowest BCUT2D eigenvalue weighted by atomic mass is 9.82. The molecule has 0 saturated heterocycles. The number of hydrogen-bond acceptors (Lipinski definition) is 1. The maximum Gasteiger partial charge on any atom is 0.0625 e. The number of anilines is 3. The van der Waals surface area contributed by atoms with Gasteiger partial charge in [0.05, 0.1) is 11.0 Å². The van der Waals surface area contributed by atoms with Crippen LogP contribution in [-0.4, -0.2) is 4.57 Å². The molecule has 10 rings (SSSR count). The standard InChI is InChI=1S/C49H36N2/c1-49(2)44-23-13-11-21-40(44)41-30-29-38(32-45(41)49)50(35-16-5-3-6-17-35)37-27-25-33(26-28-37)47-39-20-10-9-15-34(39)31-43-42-22-12-14-24-46(42)51(48(43)47)36-18-7-4-8-19-36/h3-32H,1-2H3. The number of hydrogen-bond donors (Lipinski definition) is 0. The van der Waals surface area contributed by atoms with E-state index in [9.17, 15) is 0 Å². The normalized spacial score (nSPS) is 13.1. The van der Waals surface area contributed by atoms with Gasteiger partial charge in [-0.05, 0) is 99.3 Å². The van der Waals surface area contributed by atoms with E-state index in [0.29, 0.717) is 0 Å². The fourth-order valence-electron chi connectivity index (χ4n) is 8.56. The fourth-order valence-corrected chi connectivity index (χ4v) is 8.56. The van der Waals surface area contributed by atoms with Gasteiger partial charge in [-0.15, -0.1) is 0 Å². The molecule has 0 bridgehead atoms. The number of benzene rings is 8. The van der Waals surface area contributed by atoms with Crippen molar-refractivity contribution in [2.24, 2.45) is 0 Å². The molecule has 2 heteroatoms. The Bertz CT molecular complexity index is 2750. The van der Waals surface area contributed by atoms with Crippen molar-refractivity contribution in [1.82, 2.24) is 4.57 Å². The topological polar surface area (TPSA) is 8.17 Å². The van der Waals surface area contributed by atoms with Crippen LogP contribution in [0.3, 0.4) is 0 Å². The van der Waals surface area contributed by atoms with Gasteiger partial charge in [0, 0.05) is 44.5 Å². The average molecular weight is 653 g/mol. The minimum atomic E-state index is -0.0783. The molecular weight excluding hydrogens is 617 g/mol. The van der Waals surface area contributed by atoms with Crippen LogP contribution in [-0.2, 0) is 5.41 Å². The molecule has 2 nitrogen and oxygen atoms in total. The summed E-state index contributed by atoms with van der Waals surface area (Å²) in [5.74, 6) is 0. The van der Waals surface area contributed by atoms with Gasteiger partial charge in [-0.25, -0.2) is 0 Å². The molecule has 0 fully saturated rings. The van der Waals surface area contributed by atoms with Crippen molar-refractivity contribution in [3.05, 3.63) is 193 Å². The van der Waals surface area contributed by atoms with E-state index in [1.54, 1.807) is 0 Å². The van der Waals surface area contributed by atoms with Gasteiger partial charge < -0.3 is 9.47 Å². The first-order valence-corrected chi connectivity index (χ1v) is 17.8. The first kappa shape index (κ1) is 29.5. The van der Waals surface area contributed by atoms with Gasteiger partial charge in [0.15, 0.2) is 0 Å². The molecule has 1 aromatic heterocycles. The number of fused-ring (bicyclic) bond motifs is 7. The van der Waals surface area contributed by atoms with E-state index >= 15 is 0 Å². The summed E-state index contributed by atoms with van der Waals surface area (Å²) in [6, 6.07) is 66.6. The first-order valence-electron chi connectivity index (χ1n) is 17.8. The van der Waals surface area contributed by atoms with Crippen molar-refractivity contribution in [2.75, 3.05) is 4.90 Å². The Morgan fingerprint density at radius 3 is 1.86 bits per heavy atom. The average Bonchev–Trinajstić information content (AvgIpc) is 3.63. The summed E-state index contributed by atoms with van der Waals surface area (Å²) < 4.78 is 2.45. The highest BCUT2D eigenvalue weighted by Crippen LogP contribution is 2.51. The lowest BCUT2D eigenvalue weighted by Crippen LogP contribution is -2.16. The highest BCUT2D eigenvalue weighted by atomic mass is 15.1. The Balaban J connectivity index is 1.18. The predicted molar refractivity (Wildman–Crippen MR) is 216 cm³/mol. The molecule has 0 amide bonds. The summed E-state index contributed by atoms with van der Waals surface area (Å²) in [5, 5.41) is 5.02. The molecule has 1 aliphatic carbocycles. The predicted octanol–water partition coefficient (Wildman–Crippen LogP) is 13.4. The van der Waals surface area contributed by atoms with Crippen LogP contribution in [0.25, 0.3) is 60.5 Å². The van der Waals surface area contributed by atoms with Crippen LogP contribution in [0.5, 0.6) is 0 Å². The van der Waals surface area contributed by atoms with Crippen LogP contribution in [0.15, 0.2) is 182 Å². The molecule has 1 aliphatic rings. The third kappa shape index (κ3) is 4.50. The fraction of sp³-hybridized carbons (Fsp3) is 0.0612. The third-order valence-corrected chi connectivity index (χ3v) is 10.9. The zero-order valence-corrected chi connectivity index (χ0v) is 28.7. The van der Waals surface area contributed by atoms with Crippen LogP contribution in [0.1, 0.15) is 25.0 Å². The van der Waals surface area contributed by atoms with Gasteiger partial charge in [0.1, 0.15) is 0 Å². The second kappa shape index (κ2) is 11.3. The lowest BCUT2D eigenvalue weighted by Gasteiger charge is -2.28. The molecular formula is C49H36N2. The molecule has 0 atom stereocenters. The molecule has 0 N–H and O–H groups in total. The van der Waals surface area contributed by atoms with Crippen molar-refractivity contribution in [1.29, 1.82) is 0 Å². The second-order valence-electron chi connectivity index (χ2n) is 14.2. The van der Waals surface area contributed by atoms with Crippen molar-refractivity contribution in [2.45, 2.75) is 19.3 Å². The minimum absolute atomic E-state index is 0.0783. The Labute approximate surface area is 298 Å². The van der Waals surface area contributed by atoms with Crippen molar-refractivity contribution < 1.29 is 0 Å². The Hall–Kier alpha value is -6.38. The van der Waals surface area contributed by atoms with Gasteiger partial charge in [0.2, 0.25) is 0 Å². The summed E-state index contributed by atoms with van der Waals surface area (Å²) in [7, 11) is 0. The molecule has 51 heavy (non-hydrogen) atoms. The molecule has 0 saturated carbocycles.